The second-order valence-corrected chi connectivity index (χ2v) is 5.40. The Bertz CT molecular complexity index is 656. The molecule has 0 amide bonds. The van der Waals surface area contributed by atoms with E-state index in [9.17, 15) is 0 Å². The van der Waals surface area contributed by atoms with Crippen LogP contribution in [-0.2, 0) is 0 Å². The summed E-state index contributed by atoms with van der Waals surface area (Å²) in [5, 5.41) is 1.18. The molecule has 0 saturated heterocycles. The van der Waals surface area contributed by atoms with E-state index in [1.54, 1.807) is 6.07 Å². The average Bonchev–Trinajstić information content (AvgIpc) is 2.45. The number of methoxy groups -OCH3 is 2. The summed E-state index contributed by atoms with van der Waals surface area (Å²) in [6.07, 6.45) is 0. The molecule has 0 bridgehead atoms. The van der Waals surface area contributed by atoms with Gasteiger partial charge in [0, 0.05) is 16.1 Å². The molecule has 20 heavy (non-hydrogen) atoms. The van der Waals surface area contributed by atoms with Gasteiger partial charge >= 0.3 is 0 Å². The molecule has 0 fully saturated rings. The Labute approximate surface area is 137 Å². The maximum atomic E-state index is 6.31. The van der Waals surface area contributed by atoms with Gasteiger partial charge in [0.05, 0.1) is 24.3 Å². The van der Waals surface area contributed by atoms with Gasteiger partial charge in [-0.3, -0.25) is 0 Å². The molecule has 0 aliphatic rings. The quantitative estimate of drug-likeness (QED) is 0.633. The third-order valence-corrected chi connectivity index (χ3v) is 4.43. The van der Waals surface area contributed by atoms with Gasteiger partial charge in [-0.15, -0.1) is 0 Å². The van der Waals surface area contributed by atoms with Crippen LogP contribution in [0.3, 0.4) is 0 Å². The minimum atomic E-state index is 0.195. The second-order valence-electron chi connectivity index (χ2n) is 3.86. The maximum absolute atomic E-state index is 6.31. The van der Waals surface area contributed by atoms with Crippen LogP contribution in [0, 0.1) is 0 Å². The molecule has 0 N–H and O–H groups in total. The van der Waals surface area contributed by atoms with E-state index in [4.69, 9.17) is 55.9 Å². The zero-order valence-corrected chi connectivity index (χ0v) is 13.7. The molecule has 2 aromatic rings. The van der Waals surface area contributed by atoms with Crippen LogP contribution in [0.25, 0.3) is 11.1 Å². The first kappa shape index (κ1) is 15.6. The van der Waals surface area contributed by atoms with Crippen molar-refractivity contribution in [2.45, 2.75) is 0 Å². The van der Waals surface area contributed by atoms with Crippen molar-refractivity contribution >= 4 is 46.4 Å². The molecule has 0 spiro atoms. The molecule has 6 heteroatoms. The standard InChI is InChI=1S/C14H10Cl4O2/c1-19-13-9(7-5-3-4-6-8(7)15)10(16)11(17)12(18)14(13)20-2/h3-6H,1-2H3. The Hall–Kier alpha value is -0.800. The molecule has 0 atom stereocenters. The van der Waals surface area contributed by atoms with Gasteiger partial charge in [-0.1, -0.05) is 64.6 Å². The maximum Gasteiger partial charge on any atom is 0.181 e. The van der Waals surface area contributed by atoms with Crippen molar-refractivity contribution in [1.29, 1.82) is 0 Å². The Kier molecular flexibility index (Phi) is 4.92. The molecule has 106 valence electrons. The van der Waals surface area contributed by atoms with Crippen molar-refractivity contribution in [1.82, 2.24) is 0 Å². The molecule has 2 nitrogen and oxygen atoms in total. The summed E-state index contributed by atoms with van der Waals surface area (Å²) in [5.41, 5.74) is 1.24. The molecule has 0 heterocycles. The lowest BCUT2D eigenvalue weighted by Crippen LogP contribution is -1.97. The lowest BCUT2D eigenvalue weighted by atomic mass is 10.0. The van der Waals surface area contributed by atoms with E-state index in [2.05, 4.69) is 0 Å². The largest absolute Gasteiger partial charge is 0.492 e. The number of rotatable bonds is 3. The van der Waals surface area contributed by atoms with E-state index in [-0.39, 0.29) is 15.1 Å². The summed E-state index contributed by atoms with van der Waals surface area (Å²) in [5.74, 6) is 0.707. The van der Waals surface area contributed by atoms with Gasteiger partial charge in [-0.05, 0) is 6.07 Å². The van der Waals surface area contributed by atoms with Crippen LogP contribution in [0.2, 0.25) is 20.1 Å². The van der Waals surface area contributed by atoms with Crippen LogP contribution in [0.1, 0.15) is 0 Å². The molecule has 2 aromatic carbocycles. The number of hydrogen-bond acceptors (Lipinski definition) is 2. The Morgan fingerprint density at radius 3 is 1.90 bits per heavy atom. The molecule has 0 saturated carbocycles. The van der Waals surface area contributed by atoms with E-state index in [1.165, 1.54) is 14.2 Å². The number of ether oxygens (including phenoxy) is 2. The third-order valence-electron chi connectivity index (χ3n) is 2.79. The highest BCUT2D eigenvalue weighted by Crippen LogP contribution is 2.52. The molecule has 0 unspecified atom stereocenters. The Balaban J connectivity index is 2.89. The first-order valence-electron chi connectivity index (χ1n) is 5.56. The number of halogens is 4. The van der Waals surface area contributed by atoms with E-state index >= 15 is 0 Å². The number of hydrogen-bond donors (Lipinski definition) is 0. The van der Waals surface area contributed by atoms with Gasteiger partial charge in [0.15, 0.2) is 11.5 Å². The van der Waals surface area contributed by atoms with E-state index in [0.717, 1.165) is 0 Å². The summed E-state index contributed by atoms with van der Waals surface area (Å²) in [7, 11) is 2.98. The first-order chi connectivity index (χ1) is 9.52. The van der Waals surface area contributed by atoms with Crippen molar-refractivity contribution in [3.05, 3.63) is 44.4 Å². The fourth-order valence-corrected chi connectivity index (χ4v) is 2.90. The first-order valence-corrected chi connectivity index (χ1v) is 7.07. The fraction of sp³-hybridized carbons (Fsp3) is 0.143. The van der Waals surface area contributed by atoms with Crippen LogP contribution in [0.5, 0.6) is 11.5 Å². The van der Waals surface area contributed by atoms with E-state index < -0.39 is 0 Å². The molecule has 0 aromatic heterocycles. The smallest absolute Gasteiger partial charge is 0.181 e. The van der Waals surface area contributed by atoms with Gasteiger partial charge in [0.1, 0.15) is 5.02 Å². The van der Waals surface area contributed by atoms with Gasteiger partial charge in [0.2, 0.25) is 0 Å². The minimum Gasteiger partial charge on any atom is -0.492 e. The average molecular weight is 352 g/mol. The third kappa shape index (κ3) is 2.53. The fourth-order valence-electron chi connectivity index (χ4n) is 1.90. The van der Waals surface area contributed by atoms with Gasteiger partial charge in [-0.25, -0.2) is 0 Å². The highest BCUT2D eigenvalue weighted by atomic mass is 35.5. The summed E-state index contributed by atoms with van der Waals surface area (Å²) in [6.45, 7) is 0. The van der Waals surface area contributed by atoms with Crippen molar-refractivity contribution in [3.8, 4) is 22.6 Å². The highest BCUT2D eigenvalue weighted by molar-refractivity contribution is 6.50. The normalized spacial score (nSPS) is 10.5. The van der Waals surface area contributed by atoms with Crippen molar-refractivity contribution in [3.63, 3.8) is 0 Å². The highest BCUT2D eigenvalue weighted by Gasteiger charge is 2.25. The van der Waals surface area contributed by atoms with Gasteiger partial charge < -0.3 is 9.47 Å². The lowest BCUT2D eigenvalue weighted by molar-refractivity contribution is 0.356. The van der Waals surface area contributed by atoms with Crippen LogP contribution < -0.4 is 9.47 Å². The van der Waals surface area contributed by atoms with Crippen LogP contribution in [0.4, 0.5) is 0 Å². The van der Waals surface area contributed by atoms with Crippen molar-refractivity contribution < 1.29 is 9.47 Å². The lowest BCUT2D eigenvalue weighted by Gasteiger charge is -2.18. The Morgan fingerprint density at radius 1 is 0.750 bits per heavy atom. The predicted molar refractivity (Wildman–Crippen MR) is 85.0 cm³/mol. The monoisotopic (exact) mass is 350 g/mol. The topological polar surface area (TPSA) is 18.5 Å². The molecular weight excluding hydrogens is 342 g/mol. The summed E-state index contributed by atoms with van der Waals surface area (Å²) in [6, 6.07) is 7.23. The van der Waals surface area contributed by atoms with E-state index in [0.29, 0.717) is 27.6 Å². The molecule has 0 radical (unpaired) electrons. The molecule has 0 aliphatic heterocycles. The van der Waals surface area contributed by atoms with Crippen LogP contribution in [0.15, 0.2) is 24.3 Å². The zero-order valence-electron chi connectivity index (χ0n) is 10.6. The zero-order chi connectivity index (χ0) is 14.9. The van der Waals surface area contributed by atoms with Crippen molar-refractivity contribution in [2.75, 3.05) is 14.2 Å². The second kappa shape index (κ2) is 6.31. The number of benzene rings is 2. The summed E-state index contributed by atoms with van der Waals surface area (Å²) >= 11 is 24.8. The van der Waals surface area contributed by atoms with Gasteiger partial charge in [-0.2, -0.15) is 0 Å². The summed E-state index contributed by atoms with van der Waals surface area (Å²) in [4.78, 5) is 0. The molecule has 0 aliphatic carbocycles. The Morgan fingerprint density at radius 2 is 1.35 bits per heavy atom. The van der Waals surface area contributed by atoms with Crippen LogP contribution >= 0.6 is 46.4 Å². The van der Waals surface area contributed by atoms with Crippen molar-refractivity contribution in [2.24, 2.45) is 0 Å². The molecule has 2 rings (SSSR count). The van der Waals surface area contributed by atoms with Gasteiger partial charge in [0.25, 0.3) is 0 Å². The predicted octanol–water partition coefficient (Wildman–Crippen LogP) is 5.98. The van der Waals surface area contributed by atoms with E-state index in [1.807, 2.05) is 18.2 Å². The SMILES string of the molecule is COc1c(Cl)c(Cl)c(Cl)c(-c2ccccc2Cl)c1OC. The minimum absolute atomic E-state index is 0.195. The van der Waals surface area contributed by atoms with Crippen LogP contribution in [-0.4, -0.2) is 14.2 Å². The summed E-state index contributed by atoms with van der Waals surface area (Å²) < 4.78 is 10.6. The molecular formula is C14H10Cl4O2.